The number of nitrogens with zero attached hydrogens (tertiary/aromatic N) is 5. The number of rotatable bonds is 2. The van der Waals surface area contributed by atoms with Gasteiger partial charge in [0, 0.05) is 44.7 Å². The molecule has 0 spiro atoms. The van der Waals surface area contributed by atoms with E-state index >= 15 is 0 Å². The van der Waals surface area contributed by atoms with E-state index in [2.05, 4.69) is 28.8 Å². The molecule has 0 aromatic carbocycles. The minimum Gasteiger partial charge on any atom is -0.337 e. The number of aromatic nitrogens is 3. The molecule has 2 saturated heterocycles. The van der Waals surface area contributed by atoms with Crippen molar-refractivity contribution in [2.24, 2.45) is 12.5 Å². The summed E-state index contributed by atoms with van der Waals surface area (Å²) in [5.74, 6) is 0.0446. The lowest BCUT2D eigenvalue weighted by molar-refractivity contribution is -0.0249. The molecule has 0 N–H and O–H groups in total. The molecule has 6 nitrogen and oxygen atoms in total. The minimum atomic E-state index is 0.0446. The van der Waals surface area contributed by atoms with Gasteiger partial charge in [-0.05, 0) is 37.3 Å². The first-order valence-electron chi connectivity index (χ1n) is 9.18. The Hall–Kier alpha value is -1.95. The zero-order valence-corrected chi connectivity index (χ0v) is 15.6. The predicted molar refractivity (Wildman–Crippen MR) is 97.5 cm³/mol. The maximum atomic E-state index is 12.8. The Bertz CT molecular complexity index is 809. The highest BCUT2D eigenvalue weighted by Crippen LogP contribution is 2.33. The lowest BCUT2D eigenvalue weighted by Crippen LogP contribution is -2.59. The van der Waals surface area contributed by atoms with Gasteiger partial charge in [-0.15, -0.1) is 0 Å². The topological polar surface area (TPSA) is 54.3 Å². The third kappa shape index (κ3) is 2.92. The minimum absolute atomic E-state index is 0.0446. The number of amides is 1. The van der Waals surface area contributed by atoms with Crippen molar-refractivity contribution in [2.45, 2.75) is 39.7 Å². The van der Waals surface area contributed by atoms with Gasteiger partial charge in [0.2, 0.25) is 0 Å². The van der Waals surface area contributed by atoms with E-state index in [1.54, 1.807) is 4.68 Å². The van der Waals surface area contributed by atoms with E-state index in [1.807, 2.05) is 31.0 Å². The first kappa shape index (κ1) is 16.5. The van der Waals surface area contributed by atoms with Crippen LogP contribution in [0.25, 0.3) is 11.0 Å². The monoisotopic (exact) mass is 341 g/mol. The van der Waals surface area contributed by atoms with Crippen molar-refractivity contribution in [2.75, 3.05) is 26.2 Å². The molecule has 0 saturated carbocycles. The molecule has 4 rings (SSSR count). The standard InChI is InChI=1S/C19H27N5O/c1-13-15-5-6-16(20-17(15)22(4)21-13)18(25)23-9-7-14(8-10-23)24-11-19(2,3)12-24/h5-6,14H,7-12H2,1-4H3. The smallest absolute Gasteiger partial charge is 0.272 e. The van der Waals surface area contributed by atoms with Crippen molar-refractivity contribution < 1.29 is 4.79 Å². The van der Waals surface area contributed by atoms with Crippen LogP contribution >= 0.6 is 0 Å². The fourth-order valence-electron chi connectivity index (χ4n) is 4.33. The van der Waals surface area contributed by atoms with Crippen LogP contribution in [0, 0.1) is 12.3 Å². The van der Waals surface area contributed by atoms with Gasteiger partial charge in [-0.25, -0.2) is 4.98 Å². The molecule has 2 aromatic rings. The molecule has 0 bridgehead atoms. The van der Waals surface area contributed by atoms with E-state index in [9.17, 15) is 4.79 Å². The fourth-order valence-corrected chi connectivity index (χ4v) is 4.33. The van der Waals surface area contributed by atoms with E-state index in [-0.39, 0.29) is 5.91 Å². The third-order valence-electron chi connectivity index (χ3n) is 5.62. The van der Waals surface area contributed by atoms with Gasteiger partial charge >= 0.3 is 0 Å². The Morgan fingerprint density at radius 3 is 2.52 bits per heavy atom. The van der Waals surface area contributed by atoms with Gasteiger partial charge in [0.15, 0.2) is 5.65 Å². The van der Waals surface area contributed by atoms with Gasteiger partial charge in [-0.3, -0.25) is 14.4 Å². The van der Waals surface area contributed by atoms with Crippen molar-refractivity contribution >= 4 is 16.9 Å². The van der Waals surface area contributed by atoms with Crippen LogP contribution in [0.1, 0.15) is 42.9 Å². The number of carbonyl (C=O) groups excluding carboxylic acids is 1. The van der Waals surface area contributed by atoms with Crippen LogP contribution in [-0.4, -0.2) is 62.7 Å². The molecular formula is C19H27N5O. The number of pyridine rings is 1. The molecule has 4 heterocycles. The van der Waals surface area contributed by atoms with E-state index in [0.29, 0.717) is 17.2 Å². The van der Waals surface area contributed by atoms with Crippen molar-refractivity contribution in [1.82, 2.24) is 24.6 Å². The van der Waals surface area contributed by atoms with Gasteiger partial charge in [0.05, 0.1) is 5.69 Å². The Balaban J connectivity index is 1.43. The molecule has 2 aliphatic rings. The van der Waals surface area contributed by atoms with Crippen molar-refractivity contribution in [3.05, 3.63) is 23.5 Å². The summed E-state index contributed by atoms with van der Waals surface area (Å²) in [5, 5.41) is 5.40. The second-order valence-electron chi connectivity index (χ2n) is 8.37. The quantitative estimate of drug-likeness (QED) is 0.840. The molecule has 2 fully saturated rings. The Labute approximate surface area is 148 Å². The highest BCUT2D eigenvalue weighted by Gasteiger charge is 2.39. The number of aryl methyl sites for hydroxylation is 2. The largest absolute Gasteiger partial charge is 0.337 e. The third-order valence-corrected chi connectivity index (χ3v) is 5.62. The van der Waals surface area contributed by atoms with Crippen LogP contribution in [0.2, 0.25) is 0 Å². The second-order valence-corrected chi connectivity index (χ2v) is 8.37. The molecule has 2 aliphatic heterocycles. The normalized spacial score (nSPS) is 21.5. The average molecular weight is 341 g/mol. The number of carbonyl (C=O) groups is 1. The lowest BCUT2D eigenvalue weighted by atomic mass is 9.82. The molecule has 25 heavy (non-hydrogen) atoms. The summed E-state index contributed by atoms with van der Waals surface area (Å²) >= 11 is 0. The lowest BCUT2D eigenvalue weighted by Gasteiger charge is -2.51. The van der Waals surface area contributed by atoms with Gasteiger partial charge < -0.3 is 4.90 Å². The number of fused-ring (bicyclic) bond motifs is 1. The molecule has 134 valence electrons. The highest BCUT2D eigenvalue weighted by atomic mass is 16.2. The zero-order chi connectivity index (χ0) is 17.8. The molecule has 0 aliphatic carbocycles. The number of hydrogen-bond acceptors (Lipinski definition) is 4. The zero-order valence-electron chi connectivity index (χ0n) is 15.6. The van der Waals surface area contributed by atoms with Gasteiger partial charge in [-0.1, -0.05) is 13.8 Å². The molecule has 6 heteroatoms. The summed E-state index contributed by atoms with van der Waals surface area (Å²) < 4.78 is 1.75. The van der Waals surface area contributed by atoms with Gasteiger partial charge in [0.1, 0.15) is 5.69 Å². The molecular weight excluding hydrogens is 314 g/mol. The summed E-state index contributed by atoms with van der Waals surface area (Å²) in [6.07, 6.45) is 2.13. The summed E-state index contributed by atoms with van der Waals surface area (Å²) in [6, 6.07) is 4.43. The molecule has 0 radical (unpaired) electrons. The molecule has 0 unspecified atom stereocenters. The predicted octanol–water partition coefficient (Wildman–Crippen LogP) is 2.22. The van der Waals surface area contributed by atoms with Crippen molar-refractivity contribution in [3.63, 3.8) is 0 Å². The molecule has 0 atom stereocenters. The average Bonchev–Trinajstić information content (AvgIpc) is 2.86. The summed E-state index contributed by atoms with van der Waals surface area (Å²) in [6.45, 7) is 10.6. The number of piperidine rings is 1. The van der Waals surface area contributed by atoms with Crippen LogP contribution in [0.15, 0.2) is 12.1 Å². The first-order valence-corrected chi connectivity index (χ1v) is 9.18. The number of likely N-dealkylation sites (tertiary alicyclic amines) is 2. The SMILES string of the molecule is Cc1nn(C)c2nc(C(=O)N3CCC(N4CC(C)(C)C4)CC3)ccc12. The first-order chi connectivity index (χ1) is 11.8. The Morgan fingerprint density at radius 1 is 1.20 bits per heavy atom. The summed E-state index contributed by atoms with van der Waals surface area (Å²) in [7, 11) is 1.87. The van der Waals surface area contributed by atoms with E-state index < -0.39 is 0 Å². The Morgan fingerprint density at radius 2 is 1.88 bits per heavy atom. The van der Waals surface area contributed by atoms with Crippen LogP contribution in [0.3, 0.4) is 0 Å². The number of hydrogen-bond donors (Lipinski definition) is 0. The van der Waals surface area contributed by atoms with Gasteiger partial charge in [0.25, 0.3) is 5.91 Å². The van der Waals surface area contributed by atoms with E-state index in [0.717, 1.165) is 42.7 Å². The van der Waals surface area contributed by atoms with E-state index in [1.165, 1.54) is 13.1 Å². The van der Waals surface area contributed by atoms with Crippen LogP contribution in [0.5, 0.6) is 0 Å². The molecule has 2 aromatic heterocycles. The summed E-state index contributed by atoms with van der Waals surface area (Å²) in [4.78, 5) is 21.9. The molecule has 1 amide bonds. The van der Waals surface area contributed by atoms with Gasteiger partial charge in [-0.2, -0.15) is 5.10 Å². The summed E-state index contributed by atoms with van der Waals surface area (Å²) in [5.41, 5.74) is 2.72. The highest BCUT2D eigenvalue weighted by molar-refractivity contribution is 5.94. The van der Waals surface area contributed by atoms with E-state index in [4.69, 9.17) is 0 Å². The van der Waals surface area contributed by atoms with Crippen LogP contribution in [-0.2, 0) is 7.05 Å². The Kier molecular flexibility index (Phi) is 3.83. The fraction of sp³-hybridized carbons (Fsp3) is 0.632. The second kappa shape index (κ2) is 5.80. The maximum Gasteiger partial charge on any atom is 0.272 e. The van der Waals surface area contributed by atoms with Crippen molar-refractivity contribution in [3.8, 4) is 0 Å². The van der Waals surface area contributed by atoms with Crippen molar-refractivity contribution in [1.29, 1.82) is 0 Å². The van der Waals surface area contributed by atoms with Crippen LogP contribution in [0.4, 0.5) is 0 Å². The van der Waals surface area contributed by atoms with Crippen LogP contribution < -0.4 is 0 Å². The maximum absolute atomic E-state index is 12.8.